The maximum atomic E-state index is 8.15. The number of rotatable bonds is 1. The summed E-state index contributed by atoms with van der Waals surface area (Å²) in [5.74, 6) is 0. The van der Waals surface area contributed by atoms with Gasteiger partial charge in [-0.15, -0.1) is 0 Å². The monoisotopic (exact) mass is 387 g/mol. The zero-order chi connectivity index (χ0) is 14.4. The fraction of sp³-hybridized carbons (Fsp3) is 0. The van der Waals surface area contributed by atoms with Crippen LogP contribution in [0.1, 0.15) is 1.37 Å². The van der Waals surface area contributed by atoms with Crippen molar-refractivity contribution in [3.63, 3.8) is 0 Å². The van der Waals surface area contributed by atoms with Gasteiger partial charge in [0.2, 0.25) is 0 Å². The Hall–Kier alpha value is -1.34. The average molecular weight is 387 g/mol. The number of hydrogen-bond acceptors (Lipinski definition) is 0. The molecule has 0 amide bonds. The molecule has 1 aromatic heterocycles. The number of hydrogen-bond donors (Lipinski definition) is 0. The first-order valence-corrected chi connectivity index (χ1v) is 8.92. The van der Waals surface area contributed by atoms with Crippen molar-refractivity contribution in [2.24, 2.45) is 0 Å². The molecule has 0 aliphatic heterocycles. The molecule has 0 radical (unpaired) electrons. The summed E-state index contributed by atoms with van der Waals surface area (Å²) in [6, 6.07) is 21.5. The van der Waals surface area contributed by atoms with Crippen molar-refractivity contribution in [3.05, 3.63) is 71.2 Å². The molecule has 0 spiro atoms. The Morgan fingerprint density at radius 2 is 1.55 bits per heavy atom. The van der Waals surface area contributed by atoms with Crippen molar-refractivity contribution in [1.29, 1.82) is 0 Å². The van der Waals surface area contributed by atoms with Crippen LogP contribution in [0.4, 0.5) is 0 Å². The molecular weight excluding hydrogens is 375 g/mol. The molecule has 0 aliphatic carbocycles. The van der Waals surface area contributed by atoms with Gasteiger partial charge in [-0.3, -0.25) is 0 Å². The summed E-state index contributed by atoms with van der Waals surface area (Å²) in [5, 5.41) is 2.54. The van der Waals surface area contributed by atoms with Gasteiger partial charge in [0.05, 0.1) is 0 Å². The fourth-order valence-corrected chi connectivity index (χ4v) is 5.58. The van der Waals surface area contributed by atoms with Crippen LogP contribution in [0.25, 0.3) is 30.4 Å². The third-order valence-corrected chi connectivity index (χ3v) is 6.67. The van der Waals surface area contributed by atoms with Crippen LogP contribution in [0, 0.1) is 0 Å². The SMILES string of the molecule is [2H]c1cccc2c1[se]c1c(-c3ccccc3Br)cccc12. The molecule has 2 heteroatoms. The molecular formula is C18H11BrSe. The Bertz CT molecular complexity index is 971. The summed E-state index contributed by atoms with van der Waals surface area (Å²) in [7, 11) is 0. The van der Waals surface area contributed by atoms with Crippen molar-refractivity contribution in [3.8, 4) is 11.1 Å². The first kappa shape index (κ1) is 11.3. The van der Waals surface area contributed by atoms with E-state index in [4.69, 9.17) is 1.37 Å². The number of halogens is 1. The molecule has 0 unspecified atom stereocenters. The molecule has 0 saturated heterocycles. The van der Waals surface area contributed by atoms with Crippen LogP contribution in [0.3, 0.4) is 0 Å². The van der Waals surface area contributed by atoms with Gasteiger partial charge in [0.15, 0.2) is 0 Å². The van der Waals surface area contributed by atoms with Gasteiger partial charge in [-0.1, -0.05) is 0 Å². The van der Waals surface area contributed by atoms with Gasteiger partial charge in [-0.25, -0.2) is 0 Å². The first-order valence-electron chi connectivity index (χ1n) is 6.91. The standard InChI is InChI=1S/C18H11BrSe/c19-16-10-3-1-6-12(16)14-8-5-9-15-13-7-2-4-11-17(13)20-18(14)15/h1-11H/i11D. The van der Waals surface area contributed by atoms with Crippen LogP contribution >= 0.6 is 15.9 Å². The Morgan fingerprint density at radius 1 is 0.800 bits per heavy atom. The zero-order valence-corrected chi connectivity index (χ0v) is 13.9. The normalized spacial score (nSPS) is 11.9. The van der Waals surface area contributed by atoms with Crippen LogP contribution < -0.4 is 0 Å². The van der Waals surface area contributed by atoms with Gasteiger partial charge in [-0.05, 0) is 0 Å². The van der Waals surface area contributed by atoms with Crippen LogP contribution in [-0.2, 0) is 0 Å². The Labute approximate surface area is 133 Å². The Kier molecular flexibility index (Phi) is 2.77. The summed E-state index contributed by atoms with van der Waals surface area (Å²) in [6.45, 7) is 0. The minimum atomic E-state index is 0.203. The van der Waals surface area contributed by atoms with Gasteiger partial charge in [-0.2, -0.15) is 0 Å². The maximum absolute atomic E-state index is 8.15. The van der Waals surface area contributed by atoms with Gasteiger partial charge in [0.25, 0.3) is 0 Å². The topological polar surface area (TPSA) is 0 Å². The Morgan fingerprint density at radius 3 is 2.45 bits per heavy atom. The second-order valence-corrected chi connectivity index (χ2v) is 7.67. The van der Waals surface area contributed by atoms with E-state index in [9.17, 15) is 0 Å². The quantitative estimate of drug-likeness (QED) is 0.380. The molecule has 0 aliphatic rings. The van der Waals surface area contributed by atoms with Crippen molar-refractivity contribution in [2.45, 2.75) is 0 Å². The zero-order valence-electron chi connectivity index (χ0n) is 11.6. The second-order valence-electron chi connectivity index (χ2n) is 4.68. The third-order valence-electron chi connectivity index (χ3n) is 3.49. The number of fused-ring (bicyclic) bond motifs is 3. The molecule has 0 atom stereocenters. The molecule has 96 valence electrons. The van der Waals surface area contributed by atoms with Crippen LogP contribution in [0.15, 0.2) is 71.2 Å². The van der Waals surface area contributed by atoms with Crippen LogP contribution in [0.2, 0.25) is 0 Å². The van der Waals surface area contributed by atoms with Crippen molar-refractivity contribution in [2.75, 3.05) is 0 Å². The summed E-state index contributed by atoms with van der Waals surface area (Å²) < 4.78 is 11.9. The Balaban J connectivity index is 2.14. The van der Waals surface area contributed by atoms with E-state index in [1.807, 2.05) is 18.2 Å². The molecule has 0 N–H and O–H groups in total. The third kappa shape index (κ3) is 1.88. The van der Waals surface area contributed by atoms with E-state index in [-0.39, 0.29) is 14.5 Å². The van der Waals surface area contributed by atoms with E-state index in [2.05, 4.69) is 58.4 Å². The summed E-state index contributed by atoms with van der Waals surface area (Å²) in [6.07, 6.45) is 0. The van der Waals surface area contributed by atoms with Gasteiger partial charge in [0.1, 0.15) is 0 Å². The van der Waals surface area contributed by atoms with Crippen LogP contribution in [0.5, 0.6) is 0 Å². The van der Waals surface area contributed by atoms with Crippen LogP contribution in [-0.4, -0.2) is 14.5 Å². The van der Waals surface area contributed by atoms with E-state index in [1.54, 1.807) is 0 Å². The molecule has 0 bridgehead atoms. The number of benzene rings is 3. The minimum absolute atomic E-state index is 0.203. The van der Waals surface area contributed by atoms with Gasteiger partial charge >= 0.3 is 133 Å². The fourth-order valence-electron chi connectivity index (χ4n) is 2.57. The predicted molar refractivity (Wildman–Crippen MR) is 91.5 cm³/mol. The first-order chi connectivity index (χ1) is 10.3. The molecule has 4 aromatic rings. The van der Waals surface area contributed by atoms with Gasteiger partial charge in [0, 0.05) is 0 Å². The summed E-state index contributed by atoms with van der Waals surface area (Å²) in [5.41, 5.74) is 2.52. The van der Waals surface area contributed by atoms with E-state index >= 15 is 0 Å². The molecule has 1 heterocycles. The second kappa shape index (κ2) is 4.89. The van der Waals surface area contributed by atoms with Gasteiger partial charge < -0.3 is 0 Å². The van der Waals surface area contributed by atoms with E-state index in [0.717, 1.165) is 4.47 Å². The molecule has 20 heavy (non-hydrogen) atoms. The van der Waals surface area contributed by atoms with E-state index < -0.39 is 0 Å². The van der Waals surface area contributed by atoms with E-state index in [1.165, 1.54) is 30.4 Å². The summed E-state index contributed by atoms with van der Waals surface area (Å²) in [4.78, 5) is 0. The summed E-state index contributed by atoms with van der Waals surface area (Å²) >= 11 is 3.86. The molecule has 0 fully saturated rings. The van der Waals surface area contributed by atoms with Crippen molar-refractivity contribution >= 4 is 49.7 Å². The molecule has 0 saturated carbocycles. The molecule has 0 nitrogen and oxygen atoms in total. The molecule has 4 rings (SSSR count). The van der Waals surface area contributed by atoms with E-state index in [0.29, 0.717) is 6.04 Å². The molecule has 3 aromatic carbocycles. The predicted octanol–water partition coefficient (Wildman–Crippen LogP) is 5.48. The average Bonchev–Trinajstić information content (AvgIpc) is 2.88. The van der Waals surface area contributed by atoms with Crippen molar-refractivity contribution < 1.29 is 1.37 Å². The van der Waals surface area contributed by atoms with Crippen molar-refractivity contribution in [1.82, 2.24) is 0 Å².